The number of anilines is 3. The quantitative estimate of drug-likeness (QED) is 0.645. The van der Waals surface area contributed by atoms with Gasteiger partial charge in [-0.05, 0) is 35.9 Å². The van der Waals surface area contributed by atoms with Crippen molar-refractivity contribution in [3.05, 3.63) is 54.1 Å². The molecule has 2 N–H and O–H groups in total. The third kappa shape index (κ3) is 4.91. The summed E-state index contributed by atoms with van der Waals surface area (Å²) in [6.07, 6.45) is 0.214. The summed E-state index contributed by atoms with van der Waals surface area (Å²) in [5, 5.41) is 13.7. The van der Waals surface area contributed by atoms with E-state index in [1.165, 1.54) is 14.0 Å². The fraction of sp³-hybridized carbons (Fsp3) is 0.158. The maximum absolute atomic E-state index is 11.3. The number of carbonyl (C=O) groups is 2. The van der Waals surface area contributed by atoms with Gasteiger partial charge in [-0.15, -0.1) is 5.10 Å². The summed E-state index contributed by atoms with van der Waals surface area (Å²) in [6, 6.07) is 14.6. The molecule has 0 fully saturated rings. The molecule has 1 heterocycles. The number of aromatic nitrogens is 2. The Morgan fingerprint density at radius 2 is 1.85 bits per heavy atom. The average molecular weight is 366 g/mol. The van der Waals surface area contributed by atoms with Crippen molar-refractivity contribution in [2.75, 3.05) is 17.7 Å². The second-order valence-corrected chi connectivity index (χ2v) is 5.75. The number of rotatable bonds is 6. The van der Waals surface area contributed by atoms with Crippen molar-refractivity contribution in [2.24, 2.45) is 0 Å². The highest BCUT2D eigenvalue weighted by molar-refractivity contribution is 5.89. The standard InChI is InChI=1S/C19H18N4O4/c1-12(24)20-16-5-3-4-14(11-16)18-22-23-19(27-18)21-15-8-6-13(7-9-15)10-17(25)26-2/h3-9,11H,10H2,1-2H3,(H,20,24)(H,21,23). The van der Waals surface area contributed by atoms with Gasteiger partial charge in [0.1, 0.15) is 0 Å². The van der Waals surface area contributed by atoms with Gasteiger partial charge in [0, 0.05) is 23.9 Å². The van der Waals surface area contributed by atoms with Gasteiger partial charge in [-0.2, -0.15) is 0 Å². The van der Waals surface area contributed by atoms with Gasteiger partial charge < -0.3 is 19.8 Å². The van der Waals surface area contributed by atoms with Gasteiger partial charge in [0.05, 0.1) is 13.5 Å². The second kappa shape index (κ2) is 8.13. The van der Waals surface area contributed by atoms with Crippen LogP contribution in [0, 0.1) is 0 Å². The van der Waals surface area contributed by atoms with Crippen molar-refractivity contribution in [1.29, 1.82) is 0 Å². The first-order valence-electron chi connectivity index (χ1n) is 8.18. The molecule has 0 aliphatic heterocycles. The Balaban J connectivity index is 1.69. The highest BCUT2D eigenvalue weighted by atomic mass is 16.5. The molecule has 0 saturated carbocycles. The Hall–Kier alpha value is -3.68. The van der Waals surface area contributed by atoms with Crippen LogP contribution in [0.5, 0.6) is 0 Å². The molecule has 8 heteroatoms. The molecule has 8 nitrogen and oxygen atoms in total. The number of ether oxygens (including phenoxy) is 1. The molecular formula is C19H18N4O4. The van der Waals surface area contributed by atoms with Crippen LogP contribution in [0.3, 0.4) is 0 Å². The monoisotopic (exact) mass is 366 g/mol. The molecule has 3 rings (SSSR count). The molecule has 0 aliphatic carbocycles. The Labute approximate surface area is 155 Å². The molecule has 0 unspecified atom stereocenters. The van der Waals surface area contributed by atoms with E-state index >= 15 is 0 Å². The summed E-state index contributed by atoms with van der Waals surface area (Å²) in [4.78, 5) is 22.5. The van der Waals surface area contributed by atoms with Crippen LogP contribution in [0.25, 0.3) is 11.5 Å². The number of hydrogen-bond acceptors (Lipinski definition) is 7. The van der Waals surface area contributed by atoms with Crippen molar-refractivity contribution in [3.63, 3.8) is 0 Å². The van der Waals surface area contributed by atoms with E-state index < -0.39 is 0 Å². The lowest BCUT2D eigenvalue weighted by Crippen LogP contribution is -2.05. The van der Waals surface area contributed by atoms with Gasteiger partial charge in [-0.3, -0.25) is 9.59 Å². The lowest BCUT2D eigenvalue weighted by atomic mass is 10.1. The molecule has 0 atom stereocenters. The molecule has 138 valence electrons. The number of amides is 1. The van der Waals surface area contributed by atoms with E-state index in [9.17, 15) is 9.59 Å². The molecule has 0 radical (unpaired) electrons. The lowest BCUT2D eigenvalue weighted by molar-refractivity contribution is -0.139. The summed E-state index contributed by atoms with van der Waals surface area (Å²) in [7, 11) is 1.36. The second-order valence-electron chi connectivity index (χ2n) is 5.75. The smallest absolute Gasteiger partial charge is 0.320 e. The van der Waals surface area contributed by atoms with Crippen LogP contribution in [0.2, 0.25) is 0 Å². The van der Waals surface area contributed by atoms with Crippen molar-refractivity contribution >= 4 is 29.3 Å². The summed E-state index contributed by atoms with van der Waals surface area (Å²) in [6.45, 7) is 1.44. The number of nitrogens with zero attached hydrogens (tertiary/aromatic N) is 2. The van der Waals surface area contributed by atoms with E-state index in [1.54, 1.807) is 30.3 Å². The van der Waals surface area contributed by atoms with Crippen LogP contribution >= 0.6 is 0 Å². The fourth-order valence-electron chi connectivity index (χ4n) is 2.39. The van der Waals surface area contributed by atoms with Crippen LogP contribution in [-0.2, 0) is 20.7 Å². The number of hydrogen-bond donors (Lipinski definition) is 2. The number of methoxy groups -OCH3 is 1. The highest BCUT2D eigenvalue weighted by Crippen LogP contribution is 2.24. The predicted molar refractivity (Wildman–Crippen MR) is 99.5 cm³/mol. The summed E-state index contributed by atoms with van der Waals surface area (Å²) in [5.74, 6) is -0.124. The minimum atomic E-state index is -0.293. The van der Waals surface area contributed by atoms with Gasteiger partial charge in [0.2, 0.25) is 11.8 Å². The SMILES string of the molecule is COC(=O)Cc1ccc(Nc2nnc(-c3cccc(NC(C)=O)c3)o2)cc1. The minimum absolute atomic E-state index is 0.157. The Kier molecular flexibility index (Phi) is 5.46. The van der Waals surface area contributed by atoms with E-state index in [2.05, 4.69) is 25.6 Å². The van der Waals surface area contributed by atoms with Gasteiger partial charge in [-0.1, -0.05) is 23.3 Å². The maximum Gasteiger partial charge on any atom is 0.320 e. The largest absolute Gasteiger partial charge is 0.469 e. The van der Waals surface area contributed by atoms with Crippen molar-refractivity contribution in [1.82, 2.24) is 10.2 Å². The van der Waals surface area contributed by atoms with Crippen LogP contribution in [0.15, 0.2) is 52.9 Å². The van der Waals surface area contributed by atoms with Crippen LogP contribution < -0.4 is 10.6 Å². The normalized spacial score (nSPS) is 10.3. The van der Waals surface area contributed by atoms with Gasteiger partial charge in [0.15, 0.2) is 0 Å². The minimum Gasteiger partial charge on any atom is -0.469 e. The Bertz CT molecular complexity index is 950. The third-order valence-corrected chi connectivity index (χ3v) is 3.64. The molecule has 3 aromatic rings. The van der Waals surface area contributed by atoms with E-state index in [1.807, 2.05) is 18.2 Å². The van der Waals surface area contributed by atoms with E-state index in [0.29, 0.717) is 17.1 Å². The first-order chi connectivity index (χ1) is 13.0. The third-order valence-electron chi connectivity index (χ3n) is 3.64. The zero-order chi connectivity index (χ0) is 19.2. The van der Waals surface area contributed by atoms with E-state index in [0.717, 1.165) is 11.3 Å². The number of esters is 1. The van der Waals surface area contributed by atoms with Crippen molar-refractivity contribution in [3.8, 4) is 11.5 Å². The van der Waals surface area contributed by atoms with Gasteiger partial charge in [0.25, 0.3) is 0 Å². The number of carbonyl (C=O) groups excluding carboxylic acids is 2. The van der Waals surface area contributed by atoms with E-state index in [-0.39, 0.29) is 24.3 Å². The summed E-state index contributed by atoms with van der Waals surface area (Å²) in [5.41, 5.74) is 2.92. The summed E-state index contributed by atoms with van der Waals surface area (Å²) >= 11 is 0. The predicted octanol–water partition coefficient (Wildman–Crippen LogP) is 3.15. The topological polar surface area (TPSA) is 106 Å². The van der Waals surface area contributed by atoms with Gasteiger partial charge in [-0.25, -0.2) is 0 Å². The zero-order valence-corrected chi connectivity index (χ0v) is 14.9. The molecule has 0 bridgehead atoms. The summed E-state index contributed by atoms with van der Waals surface area (Å²) < 4.78 is 10.3. The van der Waals surface area contributed by atoms with Crippen LogP contribution in [-0.4, -0.2) is 29.2 Å². The fourth-order valence-corrected chi connectivity index (χ4v) is 2.39. The average Bonchev–Trinajstić information content (AvgIpc) is 3.11. The van der Waals surface area contributed by atoms with Crippen LogP contribution in [0.4, 0.5) is 17.4 Å². The molecule has 0 aliphatic rings. The molecule has 27 heavy (non-hydrogen) atoms. The van der Waals surface area contributed by atoms with Crippen molar-refractivity contribution in [2.45, 2.75) is 13.3 Å². The molecule has 0 spiro atoms. The molecule has 0 saturated heterocycles. The number of benzene rings is 2. The van der Waals surface area contributed by atoms with Crippen molar-refractivity contribution < 1.29 is 18.7 Å². The van der Waals surface area contributed by atoms with E-state index in [4.69, 9.17) is 4.42 Å². The van der Waals surface area contributed by atoms with Crippen LogP contribution in [0.1, 0.15) is 12.5 Å². The first-order valence-corrected chi connectivity index (χ1v) is 8.18. The number of nitrogens with one attached hydrogen (secondary N) is 2. The highest BCUT2D eigenvalue weighted by Gasteiger charge is 2.10. The molecule has 1 aromatic heterocycles. The first kappa shape index (κ1) is 18.1. The van der Waals surface area contributed by atoms with Gasteiger partial charge >= 0.3 is 12.0 Å². The molecular weight excluding hydrogens is 348 g/mol. The maximum atomic E-state index is 11.3. The lowest BCUT2D eigenvalue weighted by Gasteiger charge is -2.04. The Morgan fingerprint density at radius 3 is 2.56 bits per heavy atom. The molecule has 2 aromatic carbocycles. The Morgan fingerprint density at radius 1 is 1.07 bits per heavy atom. The zero-order valence-electron chi connectivity index (χ0n) is 14.9. The molecule has 1 amide bonds.